The van der Waals surface area contributed by atoms with Crippen molar-refractivity contribution >= 4 is 40.7 Å². The van der Waals surface area contributed by atoms with E-state index >= 15 is 0 Å². The Morgan fingerprint density at radius 2 is 0.550 bits per heavy atom. The number of hydrogen-bond donors (Lipinski definition) is 0. The van der Waals surface area contributed by atoms with E-state index in [0.29, 0.717) is 0 Å². The zero-order valence-corrected chi connectivity index (χ0v) is 13.7. The molecule has 6 nitrogen and oxygen atoms in total. The van der Waals surface area contributed by atoms with Gasteiger partial charge >= 0.3 is 0 Å². The molecule has 3 radical (unpaired) electrons. The molecule has 20 heavy (non-hydrogen) atoms. The van der Waals surface area contributed by atoms with Crippen molar-refractivity contribution in [1.29, 1.82) is 0 Å². The summed E-state index contributed by atoms with van der Waals surface area (Å²) in [5, 5.41) is 0. The molecule has 0 aliphatic rings. The molecule has 0 N–H and O–H groups in total. The molecule has 0 spiro atoms. The number of carbonyl (C=O) groups excluding carboxylic acids is 6. The summed E-state index contributed by atoms with van der Waals surface area (Å²) < 4.78 is 0. The van der Waals surface area contributed by atoms with Gasteiger partial charge in [0.2, 0.25) is 0 Å². The fourth-order valence-corrected chi connectivity index (χ4v) is 0. The number of rotatable bonds is 0. The second-order valence-corrected chi connectivity index (χ2v) is 0.577. The van der Waals surface area contributed by atoms with E-state index in [9.17, 15) is 0 Å². The fourth-order valence-electron chi connectivity index (χ4n) is 0. The summed E-state index contributed by atoms with van der Waals surface area (Å²) in [4.78, 5) is 46.5. The minimum Gasteiger partial charge on any atom is -0.697 e. The average molecular weight is 419 g/mol. The molecule has 0 rings (SSSR count). The van der Waals surface area contributed by atoms with Crippen molar-refractivity contribution in [3.63, 3.8) is 0 Å². The zero-order valence-electron chi connectivity index (χ0n) is 10.6. The summed E-state index contributed by atoms with van der Waals surface area (Å²) in [5.74, 6) is 0. The van der Waals surface area contributed by atoms with Crippen LogP contribution in [0.5, 0.6) is 0 Å². The van der Waals surface area contributed by atoms with Crippen LogP contribution >= 0.6 is 0 Å². The first kappa shape index (κ1) is 95.4. The third kappa shape index (κ3) is 5470. The molecule has 0 heterocycles. The van der Waals surface area contributed by atoms with Crippen molar-refractivity contribution < 1.29 is 79.1 Å². The molecule has 0 amide bonds. The normalized spacial score (nSPS) is 2.20. The molecule has 0 fully saturated rings. The summed E-state index contributed by atoms with van der Waals surface area (Å²) in [6.07, 6.45) is 11.0. The van der Waals surface area contributed by atoms with Gasteiger partial charge in [-0.2, -0.15) is 13.8 Å². The predicted molar refractivity (Wildman–Crippen MR) is 64.3 cm³/mol. The number of terminal acetylenes is 1. The second kappa shape index (κ2) is 535000. The second-order valence-electron chi connectivity index (χ2n) is 0.577. The SMILES string of the molecule is C[CH-]C.[C-]#C.[CH-]=O.[CH-]=O.[CH-]=O.[CH-]=O.[CH-]=O.[CH-]=O.[Co].[Co].[Co]. The third-order valence-electron chi connectivity index (χ3n) is 0. The van der Waals surface area contributed by atoms with Crippen LogP contribution in [0.1, 0.15) is 13.8 Å². The van der Waals surface area contributed by atoms with Crippen LogP contribution in [0.3, 0.4) is 0 Å². The van der Waals surface area contributed by atoms with E-state index in [4.69, 9.17) is 35.2 Å². The topological polar surface area (TPSA) is 102 Å². The van der Waals surface area contributed by atoms with E-state index in [0.717, 1.165) is 0 Å². The standard InChI is InChI=1S/C3H7.C2H.6CHO.3Co/c1-3-2;7*1-2;;;/h3H,1-2H3;7*1H;;;/q8*-1;;;. The summed E-state index contributed by atoms with van der Waals surface area (Å²) in [6, 6.07) is 0. The molecule has 0 atom stereocenters. The van der Waals surface area contributed by atoms with Crippen molar-refractivity contribution in [3.05, 3.63) is 12.8 Å². The molecular formula is C11H14Co3O6-8. The summed E-state index contributed by atoms with van der Waals surface area (Å²) in [5.41, 5.74) is 0. The molecule has 0 aromatic heterocycles. The van der Waals surface area contributed by atoms with Crippen LogP contribution in [0.25, 0.3) is 0 Å². The van der Waals surface area contributed by atoms with Crippen LogP contribution in [0.2, 0.25) is 0 Å². The zero-order chi connectivity index (χ0) is 16.7. The van der Waals surface area contributed by atoms with Gasteiger partial charge in [-0.15, -0.1) is 0 Å². The van der Waals surface area contributed by atoms with E-state index in [1.165, 1.54) is 0 Å². The smallest absolute Gasteiger partial charge is 0 e. The van der Waals surface area contributed by atoms with Gasteiger partial charge in [0.15, 0.2) is 0 Å². The van der Waals surface area contributed by atoms with E-state index < -0.39 is 0 Å². The van der Waals surface area contributed by atoms with Crippen molar-refractivity contribution in [2.24, 2.45) is 0 Å². The Balaban J connectivity index is -0.00000000507. The van der Waals surface area contributed by atoms with Crippen molar-refractivity contribution in [2.75, 3.05) is 0 Å². The maximum absolute atomic E-state index is 7.75. The molecule has 9 heteroatoms. The first-order valence-corrected chi connectivity index (χ1v) is 2.86. The molecule has 0 aromatic carbocycles. The van der Waals surface area contributed by atoms with E-state index in [2.05, 4.69) is 47.2 Å². The van der Waals surface area contributed by atoms with Crippen molar-refractivity contribution in [1.82, 2.24) is 0 Å². The van der Waals surface area contributed by atoms with Gasteiger partial charge < -0.3 is 48.0 Å². The average Bonchev–Trinajstić information content (AvgIpc) is 2.53. The molecular weight excluding hydrogens is 405 g/mol. The Morgan fingerprint density at radius 3 is 0.550 bits per heavy atom. The first-order chi connectivity index (χ1) is 8.41. The summed E-state index contributed by atoms with van der Waals surface area (Å²) >= 11 is 0. The van der Waals surface area contributed by atoms with Gasteiger partial charge in [0, 0.05) is 50.3 Å². The molecule has 129 valence electrons. The number of hydrogen-bond acceptors (Lipinski definition) is 6. The van der Waals surface area contributed by atoms with Gasteiger partial charge in [-0.05, 0) is 0 Å². The monoisotopic (exact) mass is 419 g/mol. The molecule has 0 saturated heterocycles. The van der Waals surface area contributed by atoms with Crippen LogP contribution in [-0.4, -0.2) is 40.7 Å². The molecule has 0 aliphatic heterocycles. The Morgan fingerprint density at radius 1 is 0.550 bits per heavy atom. The molecule has 0 aliphatic carbocycles. The van der Waals surface area contributed by atoms with Gasteiger partial charge in [0.25, 0.3) is 0 Å². The summed E-state index contributed by atoms with van der Waals surface area (Å²) in [6.45, 7) is 23.5. The fraction of sp³-hybridized carbons (Fsp3) is 0.182. The summed E-state index contributed by atoms with van der Waals surface area (Å²) in [7, 11) is 0. The van der Waals surface area contributed by atoms with Crippen LogP contribution in [0, 0.1) is 19.3 Å². The Hall–Kier alpha value is -0.901. The van der Waals surface area contributed by atoms with E-state index in [-0.39, 0.29) is 50.3 Å². The van der Waals surface area contributed by atoms with Gasteiger partial charge in [-0.3, -0.25) is 40.7 Å². The van der Waals surface area contributed by atoms with Gasteiger partial charge in [0.1, 0.15) is 0 Å². The quantitative estimate of drug-likeness (QED) is 0.306. The Labute approximate surface area is 152 Å². The molecule has 0 aromatic rings. The van der Waals surface area contributed by atoms with Gasteiger partial charge in [-0.1, -0.05) is 0 Å². The van der Waals surface area contributed by atoms with Crippen LogP contribution in [0.4, 0.5) is 0 Å². The largest absolute Gasteiger partial charge is 0.697 e. The van der Waals surface area contributed by atoms with Crippen molar-refractivity contribution in [3.8, 4) is 6.42 Å². The van der Waals surface area contributed by atoms with Gasteiger partial charge in [0.05, 0.1) is 0 Å². The molecule has 0 unspecified atom stereocenters. The van der Waals surface area contributed by atoms with E-state index in [1.807, 2.05) is 20.3 Å². The van der Waals surface area contributed by atoms with Crippen LogP contribution < -0.4 is 0 Å². The van der Waals surface area contributed by atoms with E-state index in [1.54, 1.807) is 0 Å². The maximum Gasteiger partial charge on any atom is 0 e. The minimum absolute atomic E-state index is 0. The van der Waals surface area contributed by atoms with Crippen LogP contribution in [-0.2, 0) is 79.1 Å². The van der Waals surface area contributed by atoms with Gasteiger partial charge in [-0.25, -0.2) is 0 Å². The minimum atomic E-state index is 0. The van der Waals surface area contributed by atoms with Crippen LogP contribution in [0.15, 0.2) is 0 Å². The first-order valence-electron chi connectivity index (χ1n) is 2.86. The molecule has 0 saturated carbocycles. The Bertz CT molecular complexity index is 74.3. The maximum atomic E-state index is 7.75. The predicted octanol–water partition coefficient (Wildman–Crippen LogP) is -0.216. The third-order valence-corrected chi connectivity index (χ3v) is 0. The Kier molecular flexibility index (Phi) is 2550000. The van der Waals surface area contributed by atoms with Crippen molar-refractivity contribution in [2.45, 2.75) is 13.8 Å². The molecule has 0 bridgehead atoms.